The minimum absolute atomic E-state index is 0.263. The number of hydrogen-bond acceptors (Lipinski definition) is 5. The van der Waals surface area contributed by atoms with Gasteiger partial charge in [-0.2, -0.15) is 0 Å². The third-order valence-electron chi connectivity index (χ3n) is 3.07. The van der Waals surface area contributed by atoms with E-state index in [4.69, 9.17) is 4.74 Å². The molecule has 2 atom stereocenters. The van der Waals surface area contributed by atoms with E-state index in [0.29, 0.717) is 11.8 Å². The van der Waals surface area contributed by atoms with Crippen LogP contribution >= 0.6 is 11.3 Å². The Morgan fingerprint density at radius 2 is 2.16 bits per heavy atom. The molecule has 0 bridgehead atoms. The molecule has 0 fully saturated rings. The first-order chi connectivity index (χ1) is 9.20. The second kappa shape index (κ2) is 6.63. The molecule has 0 aliphatic carbocycles. The fraction of sp³-hybridized carbons (Fsp3) is 0.429. The number of hydrogen-bond donors (Lipinski definition) is 1. The lowest BCUT2D eigenvalue weighted by molar-refractivity contribution is 0.396. The summed E-state index contributed by atoms with van der Waals surface area (Å²) in [6.07, 6.45) is 3.63. The van der Waals surface area contributed by atoms with E-state index in [9.17, 15) is 0 Å². The van der Waals surface area contributed by atoms with Crippen LogP contribution in [0.1, 0.15) is 36.4 Å². The van der Waals surface area contributed by atoms with E-state index in [1.807, 2.05) is 23.7 Å². The van der Waals surface area contributed by atoms with E-state index >= 15 is 0 Å². The Bertz CT molecular complexity index is 501. The van der Waals surface area contributed by atoms with Crippen LogP contribution in [0.5, 0.6) is 5.88 Å². The molecule has 4 nitrogen and oxygen atoms in total. The molecule has 0 spiro atoms. The van der Waals surface area contributed by atoms with Gasteiger partial charge in [0.15, 0.2) is 0 Å². The van der Waals surface area contributed by atoms with Crippen molar-refractivity contribution in [1.82, 2.24) is 15.3 Å². The quantitative estimate of drug-likeness (QED) is 0.881. The predicted octanol–water partition coefficient (Wildman–Crippen LogP) is 3.00. The summed E-state index contributed by atoms with van der Waals surface area (Å²) in [5, 5.41) is 6.71. The lowest BCUT2D eigenvalue weighted by Crippen LogP contribution is -2.23. The lowest BCUT2D eigenvalue weighted by Gasteiger charge is -2.17. The molecule has 2 rings (SSSR count). The molecule has 0 radical (unpaired) electrons. The van der Waals surface area contributed by atoms with Crippen molar-refractivity contribution in [2.24, 2.45) is 0 Å². The number of methoxy groups -OCH3 is 1. The maximum absolute atomic E-state index is 5.14. The van der Waals surface area contributed by atoms with Gasteiger partial charge in [-0.15, -0.1) is 11.3 Å². The maximum Gasteiger partial charge on any atom is 0.213 e. The number of thiazole rings is 1. The largest absolute Gasteiger partial charge is 0.481 e. The summed E-state index contributed by atoms with van der Waals surface area (Å²) in [5.41, 5.74) is 1.18. The van der Waals surface area contributed by atoms with Crippen LogP contribution in [0.15, 0.2) is 29.9 Å². The minimum Gasteiger partial charge on any atom is -0.481 e. The molecular weight excluding hydrogens is 258 g/mol. The molecule has 2 aromatic rings. The summed E-state index contributed by atoms with van der Waals surface area (Å²) in [4.78, 5) is 8.46. The van der Waals surface area contributed by atoms with Crippen molar-refractivity contribution < 1.29 is 4.74 Å². The van der Waals surface area contributed by atoms with Crippen molar-refractivity contribution in [2.75, 3.05) is 13.7 Å². The molecule has 5 heteroatoms. The number of aromatic nitrogens is 2. The fourth-order valence-corrected chi connectivity index (χ4v) is 2.54. The van der Waals surface area contributed by atoms with Gasteiger partial charge in [0.25, 0.3) is 0 Å². The third-order valence-corrected chi connectivity index (χ3v) is 4.08. The number of nitrogens with one attached hydrogen (secondary N) is 1. The first-order valence-electron chi connectivity index (χ1n) is 6.33. The average Bonchev–Trinajstić information content (AvgIpc) is 2.98. The van der Waals surface area contributed by atoms with Gasteiger partial charge in [0.05, 0.1) is 12.1 Å². The Morgan fingerprint density at radius 3 is 2.84 bits per heavy atom. The molecule has 2 unspecified atom stereocenters. The highest BCUT2D eigenvalue weighted by molar-refractivity contribution is 7.09. The number of nitrogens with zero attached hydrogens (tertiary/aromatic N) is 2. The van der Waals surface area contributed by atoms with Crippen molar-refractivity contribution in [2.45, 2.75) is 25.8 Å². The second-order valence-electron chi connectivity index (χ2n) is 4.53. The minimum atomic E-state index is 0.263. The van der Waals surface area contributed by atoms with Gasteiger partial charge in [0.2, 0.25) is 5.88 Å². The molecule has 102 valence electrons. The summed E-state index contributed by atoms with van der Waals surface area (Å²) in [5.74, 6) is 1.07. The van der Waals surface area contributed by atoms with Crippen molar-refractivity contribution in [3.05, 3.63) is 40.5 Å². The summed E-state index contributed by atoms with van der Waals surface area (Å²) < 4.78 is 5.14. The van der Waals surface area contributed by atoms with Gasteiger partial charge < -0.3 is 10.1 Å². The Balaban J connectivity index is 1.91. The summed E-state index contributed by atoms with van der Waals surface area (Å²) >= 11 is 1.70. The second-order valence-corrected chi connectivity index (χ2v) is 5.46. The fourth-order valence-electron chi connectivity index (χ4n) is 1.84. The zero-order valence-corrected chi connectivity index (χ0v) is 12.3. The molecule has 0 saturated carbocycles. The number of pyridine rings is 1. The molecule has 1 N–H and O–H groups in total. The summed E-state index contributed by atoms with van der Waals surface area (Å²) in [6.45, 7) is 5.23. The Labute approximate surface area is 117 Å². The maximum atomic E-state index is 5.14. The normalized spacial score (nSPS) is 14.1. The van der Waals surface area contributed by atoms with E-state index in [1.165, 1.54) is 10.6 Å². The van der Waals surface area contributed by atoms with Crippen molar-refractivity contribution in [3.8, 4) is 5.88 Å². The van der Waals surface area contributed by atoms with Crippen LogP contribution in [0, 0.1) is 0 Å². The van der Waals surface area contributed by atoms with Crippen LogP contribution in [-0.4, -0.2) is 23.6 Å². The standard InChI is InChI=1S/C14H19N3OS/c1-10(14-16-6-7-19-14)9-17-11(2)12-4-5-15-13(8-12)18-3/h4-8,10-11,17H,9H2,1-3H3. The number of ether oxygens (including phenoxy) is 1. The van der Waals surface area contributed by atoms with Gasteiger partial charge in [-0.25, -0.2) is 9.97 Å². The highest BCUT2D eigenvalue weighted by Gasteiger charge is 2.11. The molecular formula is C14H19N3OS. The average molecular weight is 277 g/mol. The van der Waals surface area contributed by atoms with E-state index in [0.717, 1.165) is 6.54 Å². The molecule has 0 saturated heterocycles. The van der Waals surface area contributed by atoms with Crippen molar-refractivity contribution in [3.63, 3.8) is 0 Å². The van der Waals surface area contributed by atoms with Crippen molar-refractivity contribution in [1.29, 1.82) is 0 Å². The van der Waals surface area contributed by atoms with Gasteiger partial charge in [-0.05, 0) is 18.6 Å². The van der Waals surface area contributed by atoms with Crippen LogP contribution in [-0.2, 0) is 0 Å². The highest BCUT2D eigenvalue weighted by Crippen LogP contribution is 2.20. The molecule has 0 aromatic carbocycles. The highest BCUT2D eigenvalue weighted by atomic mass is 32.1. The van der Waals surface area contributed by atoms with E-state index in [1.54, 1.807) is 24.6 Å². The van der Waals surface area contributed by atoms with E-state index < -0.39 is 0 Å². The van der Waals surface area contributed by atoms with Crippen LogP contribution < -0.4 is 10.1 Å². The van der Waals surface area contributed by atoms with Crippen LogP contribution in [0.4, 0.5) is 0 Å². The smallest absolute Gasteiger partial charge is 0.213 e. The predicted molar refractivity (Wildman–Crippen MR) is 77.7 cm³/mol. The van der Waals surface area contributed by atoms with Crippen LogP contribution in [0.2, 0.25) is 0 Å². The molecule has 0 aliphatic rings. The summed E-state index contributed by atoms with van der Waals surface area (Å²) in [7, 11) is 1.63. The van der Waals surface area contributed by atoms with Gasteiger partial charge in [0, 0.05) is 42.3 Å². The van der Waals surface area contributed by atoms with Crippen LogP contribution in [0.3, 0.4) is 0 Å². The van der Waals surface area contributed by atoms with Gasteiger partial charge in [0.1, 0.15) is 0 Å². The summed E-state index contributed by atoms with van der Waals surface area (Å²) in [6, 6.07) is 4.24. The lowest BCUT2D eigenvalue weighted by atomic mass is 10.1. The Hall–Kier alpha value is -1.46. The van der Waals surface area contributed by atoms with Gasteiger partial charge >= 0.3 is 0 Å². The topological polar surface area (TPSA) is 47.0 Å². The van der Waals surface area contributed by atoms with Gasteiger partial charge in [-0.3, -0.25) is 0 Å². The first kappa shape index (κ1) is 14.0. The third kappa shape index (κ3) is 3.75. The molecule has 2 aromatic heterocycles. The Kier molecular flexibility index (Phi) is 4.87. The number of rotatable bonds is 6. The Morgan fingerprint density at radius 1 is 1.32 bits per heavy atom. The molecule has 2 heterocycles. The van der Waals surface area contributed by atoms with E-state index in [2.05, 4.69) is 29.1 Å². The molecule has 0 aliphatic heterocycles. The monoisotopic (exact) mass is 277 g/mol. The van der Waals surface area contributed by atoms with Crippen molar-refractivity contribution >= 4 is 11.3 Å². The first-order valence-corrected chi connectivity index (χ1v) is 7.21. The zero-order valence-electron chi connectivity index (χ0n) is 11.5. The molecule has 19 heavy (non-hydrogen) atoms. The molecule has 0 amide bonds. The van der Waals surface area contributed by atoms with Crippen LogP contribution in [0.25, 0.3) is 0 Å². The van der Waals surface area contributed by atoms with E-state index in [-0.39, 0.29) is 6.04 Å². The van der Waals surface area contributed by atoms with Gasteiger partial charge in [-0.1, -0.05) is 6.92 Å². The SMILES string of the molecule is COc1cc(C(C)NCC(C)c2nccs2)ccn1. The zero-order chi connectivity index (χ0) is 13.7.